The van der Waals surface area contributed by atoms with Gasteiger partial charge in [-0.3, -0.25) is 9.59 Å². The number of nitrogens with zero attached hydrogens (tertiary/aromatic N) is 2. The molecular formula is C29H24N2O6. The van der Waals surface area contributed by atoms with Crippen LogP contribution in [0.25, 0.3) is 16.8 Å². The van der Waals surface area contributed by atoms with E-state index >= 15 is 0 Å². The van der Waals surface area contributed by atoms with Crippen LogP contribution in [0.4, 0.5) is 11.4 Å². The Morgan fingerprint density at radius 2 is 1.62 bits per heavy atom. The lowest BCUT2D eigenvalue weighted by atomic mass is 9.88. The highest BCUT2D eigenvalue weighted by Gasteiger charge is 2.65. The Morgan fingerprint density at radius 1 is 0.892 bits per heavy atom. The molecule has 3 aliphatic heterocycles. The van der Waals surface area contributed by atoms with Crippen molar-refractivity contribution in [3.05, 3.63) is 77.9 Å². The molecule has 6 rings (SSSR count). The minimum absolute atomic E-state index is 0.104. The molecule has 8 heteroatoms. The van der Waals surface area contributed by atoms with Gasteiger partial charge in [-0.1, -0.05) is 54.6 Å². The second-order valence-corrected chi connectivity index (χ2v) is 9.25. The summed E-state index contributed by atoms with van der Waals surface area (Å²) in [6.07, 6.45) is 3.86. The lowest BCUT2D eigenvalue weighted by molar-refractivity contribution is -0.147. The van der Waals surface area contributed by atoms with Crippen LogP contribution in [0.1, 0.15) is 22.8 Å². The van der Waals surface area contributed by atoms with Gasteiger partial charge in [-0.15, -0.1) is 0 Å². The number of anilines is 2. The maximum Gasteiger partial charge on any atom is 0.339 e. The number of hydrogen-bond acceptors (Lipinski definition) is 7. The van der Waals surface area contributed by atoms with Crippen LogP contribution in [0.3, 0.4) is 0 Å². The van der Waals surface area contributed by atoms with Gasteiger partial charge in [0.1, 0.15) is 6.04 Å². The first-order valence-corrected chi connectivity index (χ1v) is 12.2. The van der Waals surface area contributed by atoms with Crippen molar-refractivity contribution >= 4 is 52.0 Å². The number of carbonyl (C=O) groups is 4. The molecule has 186 valence electrons. The number of imide groups is 1. The highest BCUT2D eigenvalue weighted by molar-refractivity contribution is 6.26. The Morgan fingerprint density at radius 3 is 2.41 bits per heavy atom. The Hall–Kier alpha value is -4.46. The SMILES string of the molecule is CCOC(=O)[C@H]1[C@H]2C(=O)N(c3ccccc3C(=O)OC)C(=O)[C@H]2[C@@H]2C=Cc3c(ccc4ccccc34)N21. The maximum atomic E-state index is 13.9. The minimum Gasteiger partial charge on any atom is -0.465 e. The lowest BCUT2D eigenvalue weighted by Gasteiger charge is -2.36. The molecule has 0 saturated carbocycles. The molecule has 0 aromatic heterocycles. The standard InChI is InChI=1S/C29H24N2O6/c1-3-37-29(35)25-24-23(26(32)31(27(24)33)20-11-7-6-10-19(20)28(34)36-2)22-15-13-18-17-9-5-4-8-16(17)12-14-21(18)30(22)25/h4-15,22-25H,3H2,1-2H3/t22-,23-,24-,25+/m0/s1. The number of fused-ring (bicyclic) bond motifs is 7. The predicted octanol–water partition coefficient (Wildman–Crippen LogP) is 3.58. The van der Waals surface area contributed by atoms with Crippen molar-refractivity contribution in [3.63, 3.8) is 0 Å². The van der Waals surface area contributed by atoms with Crippen molar-refractivity contribution in [3.8, 4) is 0 Å². The number of esters is 2. The molecule has 4 atom stereocenters. The van der Waals surface area contributed by atoms with Gasteiger partial charge in [0.25, 0.3) is 0 Å². The van der Waals surface area contributed by atoms with Gasteiger partial charge in [-0.25, -0.2) is 14.5 Å². The van der Waals surface area contributed by atoms with Crippen molar-refractivity contribution < 1.29 is 28.7 Å². The highest BCUT2D eigenvalue weighted by Crippen LogP contribution is 2.50. The van der Waals surface area contributed by atoms with Gasteiger partial charge in [0.2, 0.25) is 11.8 Å². The summed E-state index contributed by atoms with van der Waals surface area (Å²) in [5.41, 5.74) is 1.96. The van der Waals surface area contributed by atoms with E-state index in [4.69, 9.17) is 9.47 Å². The lowest BCUT2D eigenvalue weighted by Crippen LogP contribution is -2.49. The summed E-state index contributed by atoms with van der Waals surface area (Å²) in [5, 5.41) is 2.06. The molecule has 0 radical (unpaired) electrons. The molecule has 37 heavy (non-hydrogen) atoms. The molecule has 0 aliphatic carbocycles. The van der Waals surface area contributed by atoms with E-state index in [1.165, 1.54) is 13.2 Å². The second-order valence-electron chi connectivity index (χ2n) is 9.25. The van der Waals surface area contributed by atoms with Crippen molar-refractivity contribution in [2.75, 3.05) is 23.5 Å². The average molecular weight is 497 g/mol. The topological polar surface area (TPSA) is 93.2 Å². The van der Waals surface area contributed by atoms with Crippen molar-refractivity contribution in [1.82, 2.24) is 0 Å². The van der Waals surface area contributed by atoms with E-state index in [0.29, 0.717) is 0 Å². The first-order valence-electron chi connectivity index (χ1n) is 12.2. The molecule has 3 aromatic rings. The third-order valence-corrected chi connectivity index (χ3v) is 7.49. The zero-order chi connectivity index (χ0) is 25.8. The highest BCUT2D eigenvalue weighted by atomic mass is 16.5. The molecule has 2 amide bonds. The molecule has 0 spiro atoms. The molecule has 8 nitrogen and oxygen atoms in total. The van der Waals surface area contributed by atoms with E-state index in [2.05, 4.69) is 0 Å². The first-order chi connectivity index (χ1) is 18.0. The Labute approximate surface area is 213 Å². The molecule has 3 heterocycles. The fraction of sp³-hybridized carbons (Fsp3) is 0.241. The molecule has 3 aromatic carbocycles. The second kappa shape index (κ2) is 8.58. The zero-order valence-corrected chi connectivity index (χ0v) is 20.3. The summed E-state index contributed by atoms with van der Waals surface area (Å²) in [6, 6.07) is 16.7. The molecule has 0 N–H and O–H groups in total. The quantitative estimate of drug-likeness (QED) is 0.403. The van der Waals surface area contributed by atoms with Crippen LogP contribution >= 0.6 is 0 Å². The molecular weight excluding hydrogens is 472 g/mol. The van der Waals surface area contributed by atoms with Gasteiger partial charge >= 0.3 is 11.9 Å². The molecule has 0 unspecified atom stereocenters. The van der Waals surface area contributed by atoms with E-state index in [1.54, 1.807) is 25.1 Å². The molecule has 0 bridgehead atoms. The summed E-state index contributed by atoms with van der Waals surface area (Å²) in [7, 11) is 1.24. The van der Waals surface area contributed by atoms with Crippen LogP contribution in [0.5, 0.6) is 0 Å². The summed E-state index contributed by atoms with van der Waals surface area (Å²) in [4.78, 5) is 56.6. The van der Waals surface area contributed by atoms with Gasteiger partial charge in [0.15, 0.2) is 0 Å². The van der Waals surface area contributed by atoms with E-state index in [9.17, 15) is 19.2 Å². The van der Waals surface area contributed by atoms with Crippen LogP contribution in [0.2, 0.25) is 0 Å². The van der Waals surface area contributed by atoms with E-state index in [1.807, 2.05) is 53.5 Å². The largest absolute Gasteiger partial charge is 0.465 e. The van der Waals surface area contributed by atoms with E-state index in [0.717, 1.165) is 26.9 Å². The van der Waals surface area contributed by atoms with Crippen LogP contribution in [-0.4, -0.2) is 49.6 Å². The third-order valence-electron chi connectivity index (χ3n) is 7.49. The minimum atomic E-state index is -0.994. The average Bonchev–Trinajstić information content (AvgIpc) is 3.40. The van der Waals surface area contributed by atoms with Gasteiger partial charge in [-0.05, 0) is 35.9 Å². The third kappa shape index (κ3) is 3.21. The summed E-state index contributed by atoms with van der Waals surface area (Å²) >= 11 is 0. The number of carbonyl (C=O) groups excluding carboxylic acids is 4. The monoisotopic (exact) mass is 496 g/mol. The first kappa shape index (κ1) is 23.0. The van der Waals surface area contributed by atoms with Crippen LogP contribution in [0.15, 0.2) is 66.7 Å². The van der Waals surface area contributed by atoms with Crippen molar-refractivity contribution in [2.45, 2.75) is 19.0 Å². The Kier molecular flexibility index (Phi) is 5.33. The predicted molar refractivity (Wildman–Crippen MR) is 137 cm³/mol. The van der Waals surface area contributed by atoms with Gasteiger partial charge in [-0.2, -0.15) is 0 Å². The van der Waals surface area contributed by atoms with E-state index < -0.39 is 47.7 Å². The molecule has 2 fully saturated rings. The molecule has 2 saturated heterocycles. The van der Waals surface area contributed by atoms with Gasteiger partial charge in [0.05, 0.1) is 42.8 Å². The van der Waals surface area contributed by atoms with E-state index in [-0.39, 0.29) is 17.9 Å². The fourth-order valence-corrected chi connectivity index (χ4v) is 6.01. The van der Waals surface area contributed by atoms with Crippen molar-refractivity contribution in [2.24, 2.45) is 11.8 Å². The summed E-state index contributed by atoms with van der Waals surface area (Å²) < 4.78 is 10.3. The number of benzene rings is 3. The number of para-hydroxylation sites is 1. The smallest absolute Gasteiger partial charge is 0.339 e. The Bertz CT molecular complexity index is 1510. The number of ether oxygens (including phenoxy) is 2. The van der Waals surface area contributed by atoms with Crippen LogP contribution in [-0.2, 0) is 23.9 Å². The number of hydrogen-bond donors (Lipinski definition) is 0. The summed E-state index contributed by atoms with van der Waals surface area (Å²) in [5.74, 6) is -3.99. The normalized spacial score (nSPS) is 23.6. The Balaban J connectivity index is 1.50. The van der Waals surface area contributed by atoms with Crippen LogP contribution in [0, 0.1) is 11.8 Å². The number of rotatable bonds is 4. The fourth-order valence-electron chi connectivity index (χ4n) is 6.01. The maximum absolute atomic E-state index is 13.9. The van der Waals surface area contributed by atoms with Crippen molar-refractivity contribution in [1.29, 1.82) is 0 Å². The van der Waals surface area contributed by atoms with Gasteiger partial charge < -0.3 is 14.4 Å². The number of amides is 2. The zero-order valence-electron chi connectivity index (χ0n) is 20.3. The van der Waals surface area contributed by atoms with Crippen LogP contribution < -0.4 is 9.80 Å². The van der Waals surface area contributed by atoms with Gasteiger partial charge in [0, 0.05) is 11.3 Å². The number of methoxy groups -OCH3 is 1. The summed E-state index contributed by atoms with van der Waals surface area (Å²) in [6.45, 7) is 1.85. The molecule has 3 aliphatic rings.